The number of nitrogens with zero attached hydrogens (tertiary/aromatic N) is 4. The second-order valence-electron chi connectivity index (χ2n) is 5.89. The number of nitrogens with one attached hydrogen (secondary N) is 1. The number of likely N-dealkylation sites (N-methyl/N-ethyl adjacent to an activating group) is 1. The Morgan fingerprint density at radius 1 is 1.25 bits per heavy atom. The van der Waals surface area contributed by atoms with E-state index in [0.717, 1.165) is 37.7 Å². The van der Waals surface area contributed by atoms with Crippen molar-refractivity contribution in [1.29, 1.82) is 0 Å². The van der Waals surface area contributed by atoms with Gasteiger partial charge in [0, 0.05) is 32.1 Å². The number of rotatable bonds is 4. The van der Waals surface area contributed by atoms with Crippen LogP contribution >= 0.6 is 0 Å². The highest BCUT2D eigenvalue weighted by atomic mass is 15.2. The molecule has 0 spiro atoms. The van der Waals surface area contributed by atoms with E-state index in [1.807, 2.05) is 13.2 Å². The van der Waals surface area contributed by atoms with Gasteiger partial charge in [-0.3, -0.25) is 0 Å². The summed E-state index contributed by atoms with van der Waals surface area (Å²) in [7, 11) is 4.16. The van der Waals surface area contributed by atoms with Crippen LogP contribution in [0.25, 0.3) is 0 Å². The van der Waals surface area contributed by atoms with E-state index >= 15 is 0 Å². The average Bonchev–Trinajstić information content (AvgIpc) is 2.64. The van der Waals surface area contributed by atoms with E-state index < -0.39 is 0 Å². The Balaban J connectivity index is 2.24. The highest BCUT2D eigenvalue weighted by Crippen LogP contribution is 2.21. The van der Waals surface area contributed by atoms with Gasteiger partial charge in [0.05, 0.1) is 17.6 Å². The first-order valence-corrected chi connectivity index (χ1v) is 7.55. The lowest BCUT2D eigenvalue weighted by Gasteiger charge is -2.25. The summed E-state index contributed by atoms with van der Waals surface area (Å²) in [5.41, 5.74) is 2.31. The van der Waals surface area contributed by atoms with Crippen LogP contribution in [0, 0.1) is 0 Å². The predicted molar refractivity (Wildman–Crippen MR) is 83.2 cm³/mol. The number of aromatic nitrogens is 2. The Kier molecular flexibility index (Phi) is 5.31. The molecule has 0 radical (unpaired) electrons. The van der Waals surface area contributed by atoms with Crippen LogP contribution in [-0.4, -0.2) is 55.1 Å². The molecule has 0 atom stereocenters. The summed E-state index contributed by atoms with van der Waals surface area (Å²) in [6.45, 7) is 9.48. The predicted octanol–water partition coefficient (Wildman–Crippen LogP) is 1.46. The van der Waals surface area contributed by atoms with Crippen LogP contribution in [0.1, 0.15) is 37.7 Å². The maximum Gasteiger partial charge on any atom is 0.131 e. The summed E-state index contributed by atoms with van der Waals surface area (Å²) in [6.07, 6.45) is 3.21. The maximum atomic E-state index is 4.76. The second kappa shape index (κ2) is 6.99. The maximum absolute atomic E-state index is 4.76. The summed E-state index contributed by atoms with van der Waals surface area (Å²) in [4.78, 5) is 14.1. The fourth-order valence-corrected chi connectivity index (χ4v) is 2.55. The number of hydrogen-bond acceptors (Lipinski definition) is 5. The topological polar surface area (TPSA) is 44.3 Å². The van der Waals surface area contributed by atoms with Crippen LogP contribution in [-0.2, 0) is 6.54 Å². The molecule has 1 fully saturated rings. The highest BCUT2D eigenvalue weighted by Gasteiger charge is 2.17. The van der Waals surface area contributed by atoms with Gasteiger partial charge in [0.25, 0.3) is 0 Å². The molecule has 0 saturated carbocycles. The number of hydrogen-bond donors (Lipinski definition) is 1. The summed E-state index contributed by atoms with van der Waals surface area (Å²) < 4.78 is 0. The van der Waals surface area contributed by atoms with Crippen LogP contribution in [0.15, 0.2) is 6.20 Å². The Morgan fingerprint density at radius 2 is 2.05 bits per heavy atom. The van der Waals surface area contributed by atoms with Gasteiger partial charge in [-0.1, -0.05) is 13.8 Å². The summed E-state index contributed by atoms with van der Waals surface area (Å²) in [6, 6.07) is 0. The van der Waals surface area contributed by atoms with Crippen molar-refractivity contribution < 1.29 is 0 Å². The number of anilines is 1. The van der Waals surface area contributed by atoms with E-state index in [1.165, 1.54) is 18.7 Å². The van der Waals surface area contributed by atoms with Crippen LogP contribution in [0.4, 0.5) is 5.69 Å². The van der Waals surface area contributed by atoms with Crippen LogP contribution in [0.3, 0.4) is 0 Å². The third-order valence-electron chi connectivity index (χ3n) is 3.79. The van der Waals surface area contributed by atoms with Crippen molar-refractivity contribution in [3.8, 4) is 0 Å². The molecule has 20 heavy (non-hydrogen) atoms. The third-order valence-corrected chi connectivity index (χ3v) is 3.79. The Hall–Kier alpha value is -1.20. The quantitative estimate of drug-likeness (QED) is 0.903. The molecule has 5 heteroatoms. The first-order valence-electron chi connectivity index (χ1n) is 7.55. The molecule has 5 nitrogen and oxygen atoms in total. The van der Waals surface area contributed by atoms with E-state index in [0.29, 0.717) is 5.92 Å². The van der Waals surface area contributed by atoms with Crippen molar-refractivity contribution in [3.63, 3.8) is 0 Å². The molecule has 0 amide bonds. The zero-order chi connectivity index (χ0) is 14.5. The molecule has 112 valence electrons. The molecule has 0 aromatic carbocycles. The van der Waals surface area contributed by atoms with Crippen molar-refractivity contribution >= 4 is 5.69 Å². The molecule has 0 bridgehead atoms. The minimum atomic E-state index is 0.370. The Bertz CT molecular complexity index is 432. The van der Waals surface area contributed by atoms with Crippen molar-refractivity contribution in [3.05, 3.63) is 17.7 Å². The van der Waals surface area contributed by atoms with Crippen LogP contribution in [0.5, 0.6) is 0 Å². The minimum Gasteiger partial charge on any atom is -0.367 e. The molecular weight excluding hydrogens is 250 g/mol. The fourth-order valence-electron chi connectivity index (χ4n) is 2.55. The van der Waals surface area contributed by atoms with Gasteiger partial charge in [-0.05, 0) is 27.1 Å². The van der Waals surface area contributed by atoms with Gasteiger partial charge in [0.2, 0.25) is 0 Å². The largest absolute Gasteiger partial charge is 0.367 e. The molecule has 0 unspecified atom stereocenters. The van der Waals surface area contributed by atoms with Crippen molar-refractivity contribution in [2.45, 2.75) is 32.7 Å². The van der Waals surface area contributed by atoms with Crippen LogP contribution in [0.2, 0.25) is 0 Å². The van der Waals surface area contributed by atoms with E-state index in [2.05, 4.69) is 41.0 Å². The molecule has 2 heterocycles. The van der Waals surface area contributed by atoms with Gasteiger partial charge >= 0.3 is 0 Å². The van der Waals surface area contributed by atoms with Gasteiger partial charge < -0.3 is 15.1 Å². The lowest BCUT2D eigenvalue weighted by atomic mass is 10.2. The monoisotopic (exact) mass is 277 g/mol. The zero-order valence-corrected chi connectivity index (χ0v) is 13.2. The van der Waals surface area contributed by atoms with Gasteiger partial charge in [0.15, 0.2) is 0 Å². The smallest absolute Gasteiger partial charge is 0.131 e. The lowest BCUT2D eigenvalue weighted by Crippen LogP contribution is -2.30. The standard InChI is InChI=1S/C15H27N5/c1-12(2)15-17-11-14(13(18-15)10-16-3)20-7-5-6-19(4)8-9-20/h11-12,16H,5-10H2,1-4H3. The van der Waals surface area contributed by atoms with Gasteiger partial charge in [-0.2, -0.15) is 0 Å². The van der Waals surface area contributed by atoms with Crippen molar-refractivity contribution in [2.75, 3.05) is 45.2 Å². The normalized spacial score (nSPS) is 17.6. The van der Waals surface area contributed by atoms with Gasteiger partial charge in [0.1, 0.15) is 5.82 Å². The van der Waals surface area contributed by atoms with Crippen molar-refractivity contribution in [1.82, 2.24) is 20.2 Å². The molecule has 1 N–H and O–H groups in total. The van der Waals surface area contributed by atoms with Crippen molar-refractivity contribution in [2.24, 2.45) is 0 Å². The fraction of sp³-hybridized carbons (Fsp3) is 0.733. The highest BCUT2D eigenvalue weighted by molar-refractivity contribution is 5.49. The van der Waals surface area contributed by atoms with E-state index in [-0.39, 0.29) is 0 Å². The van der Waals surface area contributed by atoms with E-state index in [4.69, 9.17) is 4.98 Å². The zero-order valence-electron chi connectivity index (χ0n) is 13.2. The Morgan fingerprint density at radius 3 is 2.75 bits per heavy atom. The third kappa shape index (κ3) is 3.67. The average molecular weight is 277 g/mol. The molecule has 1 saturated heterocycles. The molecule has 1 aliphatic rings. The Labute approximate surface area is 122 Å². The van der Waals surface area contributed by atoms with Gasteiger partial charge in [-0.15, -0.1) is 0 Å². The lowest BCUT2D eigenvalue weighted by molar-refractivity contribution is 0.360. The molecule has 1 aromatic heterocycles. The SMILES string of the molecule is CNCc1nc(C(C)C)ncc1N1CCCN(C)CC1. The first-order chi connectivity index (χ1) is 9.61. The summed E-state index contributed by atoms with van der Waals surface area (Å²) >= 11 is 0. The minimum absolute atomic E-state index is 0.370. The molecule has 1 aromatic rings. The van der Waals surface area contributed by atoms with E-state index in [9.17, 15) is 0 Å². The van der Waals surface area contributed by atoms with Gasteiger partial charge in [-0.25, -0.2) is 9.97 Å². The molecule has 1 aliphatic heterocycles. The first kappa shape index (κ1) is 15.2. The molecule has 0 aliphatic carbocycles. The summed E-state index contributed by atoms with van der Waals surface area (Å²) in [5, 5.41) is 3.23. The van der Waals surface area contributed by atoms with E-state index in [1.54, 1.807) is 0 Å². The summed E-state index contributed by atoms with van der Waals surface area (Å²) in [5.74, 6) is 1.31. The molecule has 2 rings (SSSR count). The molecular formula is C15H27N5. The van der Waals surface area contributed by atoms with Crippen LogP contribution < -0.4 is 10.2 Å². The second-order valence-corrected chi connectivity index (χ2v) is 5.89.